The predicted octanol–water partition coefficient (Wildman–Crippen LogP) is 1.12. The molecule has 0 aromatic carbocycles. The molecule has 0 spiro atoms. The Morgan fingerprint density at radius 1 is 1.57 bits per heavy atom. The lowest BCUT2D eigenvalue weighted by molar-refractivity contribution is 0.0701. The van der Waals surface area contributed by atoms with Crippen LogP contribution < -0.4 is 0 Å². The van der Waals surface area contributed by atoms with E-state index in [9.17, 15) is 0 Å². The van der Waals surface area contributed by atoms with Crippen molar-refractivity contribution in [2.75, 3.05) is 13.2 Å². The predicted molar refractivity (Wildman–Crippen MR) is 27.8 cm³/mol. The van der Waals surface area contributed by atoms with E-state index in [4.69, 9.17) is 11.7 Å². The molecule has 2 radical (unpaired) electrons. The van der Waals surface area contributed by atoms with E-state index in [1.807, 2.05) is 0 Å². The Bertz CT molecular complexity index is 46.1. The van der Waals surface area contributed by atoms with Crippen molar-refractivity contribution < 1.29 is 4.74 Å². The van der Waals surface area contributed by atoms with Gasteiger partial charge in [-0.05, 0) is 25.7 Å². The summed E-state index contributed by atoms with van der Waals surface area (Å²) in [5, 5.41) is 0. The smallest absolute Gasteiger partial charge is 0.0497 e. The van der Waals surface area contributed by atoms with Gasteiger partial charge in [0.05, 0.1) is 0 Å². The Kier molecular flexibility index (Phi) is 1.69. The molecule has 0 bridgehead atoms. The molecule has 1 saturated heterocycles. The molecule has 1 heteroatoms. The van der Waals surface area contributed by atoms with Crippen molar-refractivity contribution in [1.29, 1.82) is 0 Å². The molecule has 1 rings (SSSR count). The third-order valence-corrected chi connectivity index (χ3v) is 1.20. The number of hydrogen-bond acceptors (Lipinski definition) is 1. The highest BCUT2D eigenvalue weighted by Crippen LogP contribution is 2.10. The van der Waals surface area contributed by atoms with Crippen molar-refractivity contribution in [2.24, 2.45) is 5.92 Å². The first kappa shape index (κ1) is 5.10. The lowest BCUT2D eigenvalue weighted by Crippen LogP contribution is -2.13. The highest BCUT2D eigenvalue weighted by Gasteiger charge is 2.06. The average molecular weight is 98.1 g/mol. The zero-order valence-electron chi connectivity index (χ0n) is 4.39. The highest BCUT2D eigenvalue weighted by atomic mass is 16.5. The fourth-order valence-electron chi connectivity index (χ4n) is 0.766. The van der Waals surface area contributed by atoms with Gasteiger partial charge in [0.1, 0.15) is 0 Å². The minimum Gasteiger partial charge on any atom is -0.381 e. The van der Waals surface area contributed by atoms with Gasteiger partial charge in [-0.25, -0.2) is 0 Å². The van der Waals surface area contributed by atoms with E-state index >= 15 is 0 Å². The van der Waals surface area contributed by atoms with Crippen molar-refractivity contribution in [2.45, 2.75) is 12.8 Å². The second-order valence-corrected chi connectivity index (χ2v) is 1.98. The van der Waals surface area contributed by atoms with Crippen LogP contribution in [0.4, 0.5) is 0 Å². The van der Waals surface area contributed by atoms with Crippen LogP contribution in [0.25, 0.3) is 0 Å². The van der Waals surface area contributed by atoms with Gasteiger partial charge in [0.2, 0.25) is 0 Å². The van der Waals surface area contributed by atoms with Gasteiger partial charge in [0, 0.05) is 13.2 Å². The van der Waals surface area contributed by atoms with Crippen LogP contribution in [0.3, 0.4) is 0 Å². The monoisotopic (exact) mass is 98.1 g/mol. The Balaban J connectivity index is 2.12. The SMILES string of the molecule is [CH]C1CCCOC1. The minimum atomic E-state index is 0.314. The summed E-state index contributed by atoms with van der Waals surface area (Å²) in [4.78, 5) is 0. The zero-order valence-corrected chi connectivity index (χ0v) is 4.39. The van der Waals surface area contributed by atoms with E-state index in [1.165, 1.54) is 0 Å². The van der Waals surface area contributed by atoms with Crippen molar-refractivity contribution in [3.05, 3.63) is 6.92 Å². The molecule has 1 aliphatic rings. The van der Waals surface area contributed by atoms with Crippen LogP contribution in [0.5, 0.6) is 0 Å². The van der Waals surface area contributed by atoms with Crippen LogP contribution in [0.1, 0.15) is 12.8 Å². The van der Waals surface area contributed by atoms with Gasteiger partial charge in [-0.2, -0.15) is 0 Å². The Labute approximate surface area is 44.7 Å². The number of ether oxygens (including phenoxy) is 1. The van der Waals surface area contributed by atoms with Crippen molar-refractivity contribution in [3.63, 3.8) is 0 Å². The van der Waals surface area contributed by atoms with Gasteiger partial charge >= 0.3 is 0 Å². The zero-order chi connectivity index (χ0) is 5.11. The van der Waals surface area contributed by atoms with Crippen LogP contribution in [0, 0.1) is 12.8 Å². The standard InChI is InChI=1S/C6H10O/c1-6-3-2-4-7-5-6/h1,6H,2-5H2. The molecule has 0 aromatic heterocycles. The van der Waals surface area contributed by atoms with Crippen LogP contribution in [-0.4, -0.2) is 13.2 Å². The Hall–Kier alpha value is -0.0400. The molecule has 0 amide bonds. The molecule has 1 aliphatic heterocycles. The summed E-state index contributed by atoms with van der Waals surface area (Å²) >= 11 is 0. The molecule has 1 atom stereocenters. The minimum absolute atomic E-state index is 0.314. The molecular weight excluding hydrogens is 88.1 g/mol. The third kappa shape index (κ3) is 1.48. The summed E-state index contributed by atoms with van der Waals surface area (Å²) in [6.45, 7) is 7.18. The van der Waals surface area contributed by atoms with E-state index in [2.05, 4.69) is 0 Å². The first-order valence-corrected chi connectivity index (χ1v) is 2.73. The van der Waals surface area contributed by atoms with E-state index in [-0.39, 0.29) is 0 Å². The van der Waals surface area contributed by atoms with E-state index in [0.717, 1.165) is 26.1 Å². The fraction of sp³-hybridized carbons (Fsp3) is 0.833. The quantitative estimate of drug-likeness (QED) is 0.441. The molecule has 1 heterocycles. The molecule has 0 aromatic rings. The molecule has 40 valence electrons. The largest absolute Gasteiger partial charge is 0.381 e. The first-order valence-electron chi connectivity index (χ1n) is 2.73. The summed E-state index contributed by atoms with van der Waals surface area (Å²) in [6, 6.07) is 0. The molecule has 7 heavy (non-hydrogen) atoms. The number of hydrogen-bond donors (Lipinski definition) is 0. The third-order valence-electron chi connectivity index (χ3n) is 1.20. The fourth-order valence-corrected chi connectivity index (χ4v) is 0.766. The van der Waals surface area contributed by atoms with Gasteiger partial charge in [0.25, 0.3) is 0 Å². The van der Waals surface area contributed by atoms with E-state index in [0.29, 0.717) is 5.92 Å². The summed E-state index contributed by atoms with van der Waals surface area (Å²) < 4.78 is 5.06. The Morgan fingerprint density at radius 3 is 2.71 bits per heavy atom. The second-order valence-electron chi connectivity index (χ2n) is 1.98. The number of rotatable bonds is 0. The highest BCUT2D eigenvalue weighted by molar-refractivity contribution is 4.63. The van der Waals surface area contributed by atoms with Crippen LogP contribution in [0.15, 0.2) is 0 Å². The Morgan fingerprint density at radius 2 is 2.43 bits per heavy atom. The molecule has 0 N–H and O–H groups in total. The maximum atomic E-state index is 5.51. The molecule has 1 nitrogen and oxygen atoms in total. The summed E-state index contributed by atoms with van der Waals surface area (Å²) in [5.41, 5.74) is 0. The van der Waals surface area contributed by atoms with Gasteiger partial charge in [-0.15, -0.1) is 0 Å². The van der Waals surface area contributed by atoms with Gasteiger partial charge < -0.3 is 4.74 Å². The lowest BCUT2D eigenvalue weighted by atomic mass is 10.1. The molecular formula is C6H10O. The molecule has 1 unspecified atom stereocenters. The van der Waals surface area contributed by atoms with Gasteiger partial charge in [-0.3, -0.25) is 0 Å². The normalized spacial score (nSPS) is 33.0. The first-order chi connectivity index (χ1) is 3.39. The topological polar surface area (TPSA) is 9.23 Å². The average Bonchev–Trinajstić information content (AvgIpc) is 1.69. The van der Waals surface area contributed by atoms with Crippen LogP contribution in [0.2, 0.25) is 0 Å². The molecule has 0 aliphatic carbocycles. The summed E-state index contributed by atoms with van der Waals surface area (Å²) in [5.74, 6) is 0.314. The van der Waals surface area contributed by atoms with E-state index < -0.39 is 0 Å². The molecule has 0 saturated carbocycles. The van der Waals surface area contributed by atoms with Crippen molar-refractivity contribution in [3.8, 4) is 0 Å². The van der Waals surface area contributed by atoms with Gasteiger partial charge in [0.15, 0.2) is 0 Å². The van der Waals surface area contributed by atoms with Crippen molar-refractivity contribution >= 4 is 0 Å². The lowest BCUT2D eigenvalue weighted by Gasteiger charge is -2.16. The van der Waals surface area contributed by atoms with E-state index in [1.54, 1.807) is 0 Å². The molecule has 1 fully saturated rings. The van der Waals surface area contributed by atoms with Crippen LogP contribution in [-0.2, 0) is 4.74 Å². The summed E-state index contributed by atoms with van der Waals surface area (Å²) in [7, 11) is 0. The second kappa shape index (κ2) is 2.31. The van der Waals surface area contributed by atoms with Gasteiger partial charge in [-0.1, -0.05) is 0 Å². The summed E-state index contributed by atoms with van der Waals surface area (Å²) in [6.07, 6.45) is 2.28. The van der Waals surface area contributed by atoms with Crippen molar-refractivity contribution in [1.82, 2.24) is 0 Å². The maximum absolute atomic E-state index is 5.51. The maximum Gasteiger partial charge on any atom is 0.0497 e. The van der Waals surface area contributed by atoms with Crippen LogP contribution >= 0.6 is 0 Å².